The molecule has 2 atom stereocenters. The zero-order chi connectivity index (χ0) is 12.9. The van der Waals surface area contributed by atoms with Crippen LogP contribution in [0.2, 0.25) is 0 Å². The van der Waals surface area contributed by atoms with Crippen LogP contribution in [0.5, 0.6) is 0 Å². The molecule has 1 fully saturated rings. The van der Waals surface area contributed by atoms with Crippen molar-refractivity contribution in [3.05, 3.63) is 0 Å². The molecule has 1 aliphatic rings. The second kappa shape index (κ2) is 6.72. The molecular formula is C14H30N2O. The molecule has 1 aliphatic heterocycles. The molecule has 0 bridgehead atoms. The predicted octanol–water partition coefficient (Wildman–Crippen LogP) is 1.86. The van der Waals surface area contributed by atoms with Gasteiger partial charge in [0.25, 0.3) is 0 Å². The Morgan fingerprint density at radius 2 is 2.12 bits per heavy atom. The highest BCUT2D eigenvalue weighted by Crippen LogP contribution is 2.18. The molecule has 0 aliphatic carbocycles. The normalized spacial score (nSPS) is 27.4. The van der Waals surface area contributed by atoms with Crippen molar-refractivity contribution in [2.24, 2.45) is 5.92 Å². The summed E-state index contributed by atoms with van der Waals surface area (Å²) in [5.41, 5.74) is -0.527. The minimum atomic E-state index is -0.527. The number of nitrogens with zero attached hydrogens (tertiary/aromatic N) is 1. The minimum Gasteiger partial charge on any atom is -0.390 e. The summed E-state index contributed by atoms with van der Waals surface area (Å²) in [7, 11) is 0. The highest BCUT2D eigenvalue weighted by atomic mass is 16.3. The second-order valence-corrected chi connectivity index (χ2v) is 6.19. The molecule has 17 heavy (non-hydrogen) atoms. The van der Waals surface area contributed by atoms with Gasteiger partial charge in [0.1, 0.15) is 0 Å². The van der Waals surface area contributed by atoms with E-state index in [1.165, 1.54) is 19.4 Å². The first-order chi connectivity index (χ1) is 7.92. The Labute approximate surface area is 107 Å². The largest absolute Gasteiger partial charge is 0.390 e. The van der Waals surface area contributed by atoms with Gasteiger partial charge in [0.2, 0.25) is 0 Å². The molecule has 0 aromatic rings. The summed E-state index contributed by atoms with van der Waals surface area (Å²) >= 11 is 0. The Morgan fingerprint density at radius 1 is 1.41 bits per heavy atom. The number of aliphatic hydroxyl groups is 1. The number of hydrogen-bond acceptors (Lipinski definition) is 3. The predicted molar refractivity (Wildman–Crippen MR) is 73.2 cm³/mol. The Kier molecular flexibility index (Phi) is 5.90. The van der Waals surface area contributed by atoms with Crippen LogP contribution in [0.4, 0.5) is 0 Å². The third kappa shape index (κ3) is 5.84. The fourth-order valence-electron chi connectivity index (χ4n) is 2.50. The summed E-state index contributed by atoms with van der Waals surface area (Å²) in [6.07, 6.45) is 3.32. The van der Waals surface area contributed by atoms with Crippen molar-refractivity contribution in [2.45, 2.75) is 58.6 Å². The molecule has 0 radical (unpaired) electrons. The van der Waals surface area contributed by atoms with E-state index in [0.29, 0.717) is 6.04 Å². The van der Waals surface area contributed by atoms with E-state index in [-0.39, 0.29) is 0 Å². The first kappa shape index (κ1) is 14.9. The molecule has 2 N–H and O–H groups in total. The number of rotatable bonds is 6. The molecule has 0 saturated carbocycles. The highest BCUT2D eigenvalue weighted by Gasteiger charge is 2.26. The first-order valence-electron chi connectivity index (χ1n) is 7.10. The van der Waals surface area contributed by atoms with E-state index in [4.69, 9.17) is 0 Å². The standard InChI is InChI=1S/C14H30N2O/c1-5-8-15-13-6-9-16(11-12(13)2)10-7-14(3,4)17/h12-13,15,17H,5-11H2,1-4H3. The van der Waals surface area contributed by atoms with Gasteiger partial charge >= 0.3 is 0 Å². The van der Waals surface area contributed by atoms with Gasteiger partial charge in [-0.25, -0.2) is 0 Å². The van der Waals surface area contributed by atoms with E-state index in [0.717, 1.165) is 32.0 Å². The highest BCUT2D eigenvalue weighted by molar-refractivity contribution is 4.83. The maximum atomic E-state index is 9.74. The van der Waals surface area contributed by atoms with E-state index in [2.05, 4.69) is 24.1 Å². The van der Waals surface area contributed by atoms with Crippen LogP contribution in [0.25, 0.3) is 0 Å². The van der Waals surface area contributed by atoms with Gasteiger partial charge in [0, 0.05) is 19.1 Å². The fraction of sp³-hybridized carbons (Fsp3) is 1.00. The lowest BCUT2D eigenvalue weighted by Gasteiger charge is -2.38. The molecule has 3 heteroatoms. The number of piperidine rings is 1. The smallest absolute Gasteiger partial charge is 0.0603 e. The van der Waals surface area contributed by atoms with Gasteiger partial charge < -0.3 is 15.3 Å². The van der Waals surface area contributed by atoms with Gasteiger partial charge in [-0.3, -0.25) is 0 Å². The quantitative estimate of drug-likeness (QED) is 0.746. The van der Waals surface area contributed by atoms with Crippen LogP contribution in [0.3, 0.4) is 0 Å². The van der Waals surface area contributed by atoms with Crippen molar-refractivity contribution >= 4 is 0 Å². The van der Waals surface area contributed by atoms with Crippen molar-refractivity contribution in [3.8, 4) is 0 Å². The number of hydrogen-bond donors (Lipinski definition) is 2. The summed E-state index contributed by atoms with van der Waals surface area (Å²) in [5.74, 6) is 0.720. The van der Waals surface area contributed by atoms with E-state index in [1.54, 1.807) is 0 Å². The average molecular weight is 242 g/mol. The molecule has 3 nitrogen and oxygen atoms in total. The van der Waals surface area contributed by atoms with Crippen molar-refractivity contribution < 1.29 is 5.11 Å². The van der Waals surface area contributed by atoms with Gasteiger partial charge in [-0.2, -0.15) is 0 Å². The van der Waals surface area contributed by atoms with Crippen molar-refractivity contribution in [1.82, 2.24) is 10.2 Å². The molecule has 2 unspecified atom stereocenters. The molecule has 1 rings (SSSR count). The van der Waals surface area contributed by atoms with Gasteiger partial charge in [-0.1, -0.05) is 13.8 Å². The number of likely N-dealkylation sites (tertiary alicyclic amines) is 1. The van der Waals surface area contributed by atoms with Gasteiger partial charge in [-0.15, -0.1) is 0 Å². The summed E-state index contributed by atoms with van der Waals surface area (Å²) in [4.78, 5) is 2.49. The van der Waals surface area contributed by atoms with Crippen LogP contribution >= 0.6 is 0 Å². The van der Waals surface area contributed by atoms with Crippen LogP contribution in [0.1, 0.15) is 47.0 Å². The molecule has 1 heterocycles. The summed E-state index contributed by atoms with van der Waals surface area (Å²) in [5, 5.41) is 13.4. The lowest BCUT2D eigenvalue weighted by atomic mass is 9.93. The fourth-order valence-corrected chi connectivity index (χ4v) is 2.50. The van der Waals surface area contributed by atoms with Crippen LogP contribution in [-0.2, 0) is 0 Å². The zero-order valence-corrected chi connectivity index (χ0v) is 12.0. The third-order valence-electron chi connectivity index (χ3n) is 3.69. The maximum Gasteiger partial charge on any atom is 0.0603 e. The Morgan fingerprint density at radius 3 is 2.65 bits per heavy atom. The lowest BCUT2D eigenvalue weighted by molar-refractivity contribution is 0.0480. The first-order valence-corrected chi connectivity index (χ1v) is 7.10. The Balaban J connectivity index is 2.26. The maximum absolute atomic E-state index is 9.74. The topological polar surface area (TPSA) is 35.5 Å². The summed E-state index contributed by atoms with van der Waals surface area (Å²) in [6.45, 7) is 12.8. The molecular weight excluding hydrogens is 212 g/mol. The molecule has 1 saturated heterocycles. The third-order valence-corrected chi connectivity index (χ3v) is 3.69. The van der Waals surface area contributed by atoms with Crippen molar-refractivity contribution in [2.75, 3.05) is 26.2 Å². The van der Waals surface area contributed by atoms with Crippen molar-refractivity contribution in [3.63, 3.8) is 0 Å². The SMILES string of the molecule is CCCNC1CCN(CCC(C)(C)O)CC1C. The molecule has 0 aromatic carbocycles. The van der Waals surface area contributed by atoms with E-state index >= 15 is 0 Å². The Bertz CT molecular complexity index is 213. The monoisotopic (exact) mass is 242 g/mol. The average Bonchev–Trinajstić information content (AvgIpc) is 2.24. The minimum absolute atomic E-state index is 0.527. The van der Waals surface area contributed by atoms with Gasteiger partial charge in [0.05, 0.1) is 5.60 Å². The van der Waals surface area contributed by atoms with Crippen LogP contribution in [-0.4, -0.2) is 47.8 Å². The Hall–Kier alpha value is -0.120. The van der Waals surface area contributed by atoms with Gasteiger partial charge in [0.15, 0.2) is 0 Å². The summed E-state index contributed by atoms with van der Waals surface area (Å²) in [6, 6.07) is 0.688. The van der Waals surface area contributed by atoms with Crippen LogP contribution < -0.4 is 5.32 Å². The number of nitrogens with one attached hydrogen (secondary N) is 1. The zero-order valence-electron chi connectivity index (χ0n) is 12.0. The molecule has 0 spiro atoms. The lowest BCUT2D eigenvalue weighted by Crippen LogP contribution is -2.49. The molecule has 102 valence electrons. The van der Waals surface area contributed by atoms with E-state index < -0.39 is 5.60 Å². The van der Waals surface area contributed by atoms with E-state index in [1.807, 2.05) is 13.8 Å². The second-order valence-electron chi connectivity index (χ2n) is 6.19. The van der Waals surface area contributed by atoms with E-state index in [9.17, 15) is 5.11 Å². The van der Waals surface area contributed by atoms with Crippen LogP contribution in [0.15, 0.2) is 0 Å². The molecule has 0 aromatic heterocycles. The molecule has 0 amide bonds. The summed E-state index contributed by atoms with van der Waals surface area (Å²) < 4.78 is 0. The van der Waals surface area contributed by atoms with Crippen molar-refractivity contribution in [1.29, 1.82) is 0 Å². The van der Waals surface area contributed by atoms with Crippen LogP contribution in [0, 0.1) is 5.92 Å². The van der Waals surface area contributed by atoms with Gasteiger partial charge in [-0.05, 0) is 52.1 Å².